The van der Waals surface area contributed by atoms with E-state index in [1.54, 1.807) is 6.07 Å². The zero-order chi connectivity index (χ0) is 24.2. The summed E-state index contributed by atoms with van der Waals surface area (Å²) in [6, 6.07) is 33.9. The summed E-state index contributed by atoms with van der Waals surface area (Å²) < 4.78 is 2.23. The number of nitrogens with one attached hydrogen (secondary N) is 1. The number of aromatic hydroxyl groups is 1. The van der Waals surface area contributed by atoms with Crippen molar-refractivity contribution in [1.29, 1.82) is 0 Å². The van der Waals surface area contributed by atoms with Gasteiger partial charge >= 0.3 is 209 Å². The summed E-state index contributed by atoms with van der Waals surface area (Å²) >= 11 is -1.71. The molecule has 1 radical (unpaired) electrons. The average Bonchev–Trinajstić information content (AvgIpc) is 2.89. The summed E-state index contributed by atoms with van der Waals surface area (Å²) in [5.74, 6) is 0.894. The molecule has 5 aromatic rings. The van der Waals surface area contributed by atoms with Crippen LogP contribution in [0.4, 0.5) is 0 Å². The molecule has 4 aromatic carbocycles. The Morgan fingerprint density at radius 2 is 1.57 bits per heavy atom. The van der Waals surface area contributed by atoms with Crippen LogP contribution in [0.5, 0.6) is 5.75 Å². The Balaban J connectivity index is 1.66. The van der Waals surface area contributed by atoms with Crippen molar-refractivity contribution in [1.82, 2.24) is 9.97 Å². The molecule has 0 saturated heterocycles. The number of H-pyrrole nitrogens is 1. The van der Waals surface area contributed by atoms with E-state index in [1.165, 1.54) is 4.46 Å². The number of fused-ring (bicyclic) bond motifs is 1. The fourth-order valence-electron chi connectivity index (χ4n) is 4.06. The molecule has 1 aromatic heterocycles. The number of aryl methyl sites for hydroxylation is 1. The van der Waals surface area contributed by atoms with Gasteiger partial charge < -0.3 is 0 Å². The molecular formula is C30H25N2O2Se. The third-order valence-corrected chi connectivity index (χ3v) is 10.7. The number of rotatable bonds is 6. The van der Waals surface area contributed by atoms with Crippen LogP contribution >= 0.6 is 0 Å². The predicted molar refractivity (Wildman–Crippen MR) is 146 cm³/mol. The van der Waals surface area contributed by atoms with Gasteiger partial charge in [0.2, 0.25) is 0 Å². The SMILES string of the molecule is Cc1cccc([Se](C/C(=C\c2nc3ccccc3c(=O)[nH]2)c2ccccc2)c2ccccc2)c1O. The third-order valence-electron chi connectivity index (χ3n) is 5.88. The number of benzene rings is 4. The van der Waals surface area contributed by atoms with Crippen molar-refractivity contribution in [3.8, 4) is 5.75 Å². The molecular weight excluding hydrogens is 499 g/mol. The first-order valence-electron chi connectivity index (χ1n) is 11.4. The quantitative estimate of drug-likeness (QED) is 0.314. The van der Waals surface area contributed by atoms with Gasteiger partial charge in [-0.3, -0.25) is 0 Å². The molecule has 0 unspecified atom stereocenters. The number of para-hydroxylation sites is 2. The van der Waals surface area contributed by atoms with Crippen LogP contribution in [0.2, 0.25) is 5.32 Å². The van der Waals surface area contributed by atoms with Gasteiger partial charge in [-0.05, 0) is 0 Å². The van der Waals surface area contributed by atoms with Gasteiger partial charge in [-0.2, -0.15) is 0 Å². The van der Waals surface area contributed by atoms with Gasteiger partial charge in [0.15, 0.2) is 0 Å². The van der Waals surface area contributed by atoms with Crippen molar-refractivity contribution in [2.75, 3.05) is 0 Å². The fourth-order valence-corrected chi connectivity index (χ4v) is 8.80. The molecule has 5 heteroatoms. The average molecular weight is 525 g/mol. The molecule has 0 saturated carbocycles. The second-order valence-corrected chi connectivity index (χ2v) is 12.4. The third kappa shape index (κ3) is 4.97. The van der Waals surface area contributed by atoms with Gasteiger partial charge in [0.1, 0.15) is 0 Å². The van der Waals surface area contributed by atoms with Crippen LogP contribution in [0.15, 0.2) is 108 Å². The summed E-state index contributed by atoms with van der Waals surface area (Å²) in [6.07, 6.45) is 1.98. The number of aromatic amines is 1. The maximum absolute atomic E-state index is 12.7. The first-order chi connectivity index (χ1) is 17.1. The van der Waals surface area contributed by atoms with Gasteiger partial charge in [0.25, 0.3) is 0 Å². The Morgan fingerprint density at radius 1 is 0.886 bits per heavy atom. The molecule has 173 valence electrons. The summed E-state index contributed by atoms with van der Waals surface area (Å²) in [5, 5.41) is 12.3. The zero-order valence-electron chi connectivity index (χ0n) is 19.3. The number of hydrogen-bond donors (Lipinski definition) is 2. The number of aromatic nitrogens is 2. The van der Waals surface area contributed by atoms with E-state index in [1.807, 2.05) is 85.8 Å². The van der Waals surface area contributed by atoms with Crippen LogP contribution in [0.3, 0.4) is 0 Å². The van der Waals surface area contributed by atoms with Crippen molar-refractivity contribution in [2.24, 2.45) is 0 Å². The Bertz CT molecular complexity index is 1560. The monoisotopic (exact) mass is 525 g/mol. The van der Waals surface area contributed by atoms with E-state index < -0.39 is 13.9 Å². The standard InChI is InChI=1S/C30H25N2O2Se/c1-21-11-10-18-27(29(21)33)35(24-14-6-3-7-15-24)20-23(22-12-4-2-5-13-22)19-28-31-26-17-9-8-16-25(26)30(34)32-28/h2-19,33H,20H2,1H3,(H,31,32,34)/b23-19+. The van der Waals surface area contributed by atoms with Gasteiger partial charge in [0.05, 0.1) is 0 Å². The number of phenols is 1. The van der Waals surface area contributed by atoms with Crippen LogP contribution in [0.1, 0.15) is 17.0 Å². The first kappa shape index (κ1) is 22.9. The second-order valence-electron chi connectivity index (χ2n) is 8.27. The molecule has 0 atom stereocenters. The van der Waals surface area contributed by atoms with Crippen LogP contribution in [0, 0.1) is 6.92 Å². The number of phenolic OH excluding ortho intramolecular Hbond substituents is 1. The van der Waals surface area contributed by atoms with Gasteiger partial charge in [-0.1, -0.05) is 0 Å². The minimum absolute atomic E-state index is 0.152. The van der Waals surface area contributed by atoms with E-state index in [0.29, 0.717) is 22.5 Å². The molecule has 0 aliphatic carbocycles. The fraction of sp³-hybridized carbons (Fsp3) is 0.0667. The summed E-state index contributed by atoms with van der Waals surface area (Å²) in [4.78, 5) is 20.4. The van der Waals surface area contributed by atoms with E-state index in [2.05, 4.69) is 29.2 Å². The predicted octanol–water partition coefficient (Wildman–Crippen LogP) is 4.79. The van der Waals surface area contributed by atoms with E-state index >= 15 is 0 Å². The number of nitrogens with zero attached hydrogens (tertiary/aromatic N) is 1. The van der Waals surface area contributed by atoms with Crippen LogP contribution in [0.25, 0.3) is 22.6 Å². The first-order valence-corrected chi connectivity index (χ1v) is 14.3. The minimum atomic E-state index is -1.71. The van der Waals surface area contributed by atoms with Gasteiger partial charge in [-0.15, -0.1) is 0 Å². The zero-order valence-corrected chi connectivity index (χ0v) is 21.0. The Labute approximate surface area is 208 Å². The molecule has 0 aliphatic rings. The Kier molecular flexibility index (Phi) is 6.62. The van der Waals surface area contributed by atoms with Crippen molar-refractivity contribution in [2.45, 2.75) is 12.2 Å². The van der Waals surface area contributed by atoms with E-state index in [9.17, 15) is 9.90 Å². The van der Waals surface area contributed by atoms with Crippen molar-refractivity contribution < 1.29 is 5.11 Å². The summed E-state index contributed by atoms with van der Waals surface area (Å²) in [6.45, 7) is 1.94. The summed E-state index contributed by atoms with van der Waals surface area (Å²) in [5.41, 5.74) is 3.53. The molecule has 35 heavy (non-hydrogen) atoms. The Morgan fingerprint density at radius 3 is 2.34 bits per heavy atom. The van der Waals surface area contributed by atoms with Crippen molar-refractivity contribution in [3.63, 3.8) is 0 Å². The molecule has 1 heterocycles. The molecule has 5 rings (SSSR count). The van der Waals surface area contributed by atoms with Crippen LogP contribution < -0.4 is 14.5 Å². The van der Waals surface area contributed by atoms with E-state index in [0.717, 1.165) is 26.5 Å². The Hall–Kier alpha value is -3.92. The molecule has 0 bridgehead atoms. The number of allylic oxidation sites excluding steroid dienone is 1. The topological polar surface area (TPSA) is 66.0 Å². The normalized spacial score (nSPS) is 11.8. The van der Waals surface area contributed by atoms with Crippen LogP contribution in [-0.4, -0.2) is 29.0 Å². The maximum atomic E-state index is 12.7. The van der Waals surface area contributed by atoms with E-state index in [-0.39, 0.29) is 5.56 Å². The van der Waals surface area contributed by atoms with Crippen molar-refractivity contribution in [3.05, 3.63) is 130 Å². The van der Waals surface area contributed by atoms with Gasteiger partial charge in [-0.25, -0.2) is 0 Å². The molecule has 0 spiro atoms. The second kappa shape index (κ2) is 10.1. The molecule has 0 aliphatic heterocycles. The molecule has 4 nitrogen and oxygen atoms in total. The summed E-state index contributed by atoms with van der Waals surface area (Å²) in [7, 11) is 0. The van der Waals surface area contributed by atoms with E-state index in [4.69, 9.17) is 4.98 Å². The van der Waals surface area contributed by atoms with Gasteiger partial charge in [0, 0.05) is 0 Å². The molecule has 0 fully saturated rings. The van der Waals surface area contributed by atoms with Crippen LogP contribution in [-0.2, 0) is 0 Å². The molecule has 2 N–H and O–H groups in total. The van der Waals surface area contributed by atoms with Crippen molar-refractivity contribution >= 4 is 45.4 Å². The number of hydrogen-bond acceptors (Lipinski definition) is 3. The molecule has 0 amide bonds.